The van der Waals surface area contributed by atoms with Crippen molar-refractivity contribution in [2.75, 3.05) is 13.1 Å². The van der Waals surface area contributed by atoms with Crippen LogP contribution in [0.4, 0.5) is 0 Å². The van der Waals surface area contributed by atoms with Gasteiger partial charge in [-0.15, -0.1) is 0 Å². The van der Waals surface area contributed by atoms with E-state index in [4.69, 9.17) is 16.1 Å². The lowest BCUT2D eigenvalue weighted by Crippen LogP contribution is -2.37. The van der Waals surface area contributed by atoms with Gasteiger partial charge in [-0.3, -0.25) is 4.79 Å². The summed E-state index contributed by atoms with van der Waals surface area (Å²) >= 11 is 0. The third-order valence-corrected chi connectivity index (χ3v) is 1.87. The molecule has 1 unspecified atom stereocenters. The Morgan fingerprint density at radius 1 is 1.57 bits per heavy atom. The molecule has 5 nitrogen and oxygen atoms in total. The van der Waals surface area contributed by atoms with Crippen molar-refractivity contribution in [2.45, 2.75) is 31.7 Å². The Kier molecular flexibility index (Phi) is 7.80. The molecule has 0 aromatic rings. The second-order valence-corrected chi connectivity index (χ2v) is 3.04. The van der Waals surface area contributed by atoms with E-state index in [1.54, 1.807) is 0 Å². The van der Waals surface area contributed by atoms with Crippen molar-refractivity contribution in [1.82, 2.24) is 5.32 Å². The van der Waals surface area contributed by atoms with Crippen LogP contribution in [0.2, 0.25) is 0 Å². The van der Waals surface area contributed by atoms with Gasteiger partial charge in [0.15, 0.2) is 0 Å². The van der Waals surface area contributed by atoms with Crippen LogP contribution in [0.15, 0.2) is 0 Å². The van der Waals surface area contributed by atoms with Gasteiger partial charge >= 0.3 is 5.97 Å². The largest absolute Gasteiger partial charge is 0.480 e. The summed E-state index contributed by atoms with van der Waals surface area (Å²) < 4.78 is 0. The molecular formula is C9H17N3O2. The molecule has 0 rings (SSSR count). The Balaban J connectivity index is 3.68. The van der Waals surface area contributed by atoms with Crippen molar-refractivity contribution in [2.24, 2.45) is 5.73 Å². The maximum absolute atomic E-state index is 10.7. The molecule has 14 heavy (non-hydrogen) atoms. The molecule has 1 atom stereocenters. The monoisotopic (exact) mass is 199 g/mol. The summed E-state index contributed by atoms with van der Waals surface area (Å²) in [5, 5.41) is 19.9. The minimum atomic E-state index is -0.861. The molecule has 0 amide bonds. The average molecular weight is 199 g/mol. The van der Waals surface area contributed by atoms with Crippen molar-refractivity contribution in [3.8, 4) is 6.07 Å². The lowest BCUT2D eigenvalue weighted by atomic mass is 10.1. The minimum Gasteiger partial charge on any atom is -0.480 e. The molecular weight excluding hydrogens is 182 g/mol. The average Bonchev–Trinajstić information content (AvgIpc) is 2.15. The Morgan fingerprint density at radius 2 is 2.29 bits per heavy atom. The Labute approximate surface area is 83.9 Å². The number of rotatable bonds is 8. The fraction of sp³-hybridized carbons (Fsp3) is 0.778. The predicted molar refractivity (Wildman–Crippen MR) is 52.6 cm³/mol. The third kappa shape index (κ3) is 6.40. The van der Waals surface area contributed by atoms with Crippen LogP contribution in [0.1, 0.15) is 25.7 Å². The molecule has 0 aliphatic rings. The van der Waals surface area contributed by atoms with Gasteiger partial charge < -0.3 is 16.2 Å². The first-order valence-corrected chi connectivity index (χ1v) is 4.75. The van der Waals surface area contributed by atoms with Gasteiger partial charge in [-0.2, -0.15) is 5.26 Å². The lowest BCUT2D eigenvalue weighted by molar-refractivity contribution is -0.139. The third-order valence-electron chi connectivity index (χ3n) is 1.87. The smallest absolute Gasteiger partial charge is 0.320 e. The van der Waals surface area contributed by atoms with Crippen LogP contribution in [0, 0.1) is 11.3 Å². The molecule has 0 fully saturated rings. The Morgan fingerprint density at radius 3 is 2.79 bits per heavy atom. The number of nitrogens with zero attached hydrogens (tertiary/aromatic N) is 1. The maximum Gasteiger partial charge on any atom is 0.320 e. The highest BCUT2D eigenvalue weighted by atomic mass is 16.4. The van der Waals surface area contributed by atoms with Crippen LogP contribution in [0.5, 0.6) is 0 Å². The number of carboxylic acid groups (broad SMARTS) is 1. The molecule has 0 heterocycles. The summed E-state index contributed by atoms with van der Waals surface area (Å²) in [7, 11) is 0. The summed E-state index contributed by atoms with van der Waals surface area (Å²) in [5.41, 5.74) is 5.30. The van der Waals surface area contributed by atoms with Gasteiger partial charge in [0.1, 0.15) is 6.04 Å². The molecule has 0 aromatic carbocycles. The standard InChI is InChI=1S/C9H17N3O2/c10-5-2-1-4-8(9(13)14)12-7-3-6-11/h8,12H,1-5,7,10H2,(H,13,14). The van der Waals surface area contributed by atoms with Gasteiger partial charge in [-0.25, -0.2) is 0 Å². The SMILES string of the molecule is N#CCCNC(CCCCN)C(=O)O. The normalized spacial score (nSPS) is 12.0. The van der Waals surface area contributed by atoms with Crippen molar-refractivity contribution in [1.29, 1.82) is 5.26 Å². The lowest BCUT2D eigenvalue weighted by Gasteiger charge is -2.12. The second-order valence-electron chi connectivity index (χ2n) is 3.04. The molecule has 0 aromatic heterocycles. The number of hydrogen-bond donors (Lipinski definition) is 3. The number of hydrogen-bond acceptors (Lipinski definition) is 4. The summed E-state index contributed by atoms with van der Waals surface area (Å²) in [4.78, 5) is 10.7. The molecule has 80 valence electrons. The van der Waals surface area contributed by atoms with E-state index in [2.05, 4.69) is 5.32 Å². The topological polar surface area (TPSA) is 99.1 Å². The van der Waals surface area contributed by atoms with Gasteiger partial charge in [0.25, 0.3) is 0 Å². The number of nitriles is 1. The summed E-state index contributed by atoms with van der Waals surface area (Å²) in [6.07, 6.45) is 2.54. The van der Waals surface area contributed by atoms with Gasteiger partial charge in [0.2, 0.25) is 0 Å². The molecule has 0 bridgehead atoms. The fourth-order valence-electron chi connectivity index (χ4n) is 1.11. The fourth-order valence-corrected chi connectivity index (χ4v) is 1.11. The first-order valence-electron chi connectivity index (χ1n) is 4.75. The van der Waals surface area contributed by atoms with E-state index < -0.39 is 12.0 Å². The van der Waals surface area contributed by atoms with E-state index in [0.717, 1.165) is 12.8 Å². The molecule has 0 saturated heterocycles. The van der Waals surface area contributed by atoms with Gasteiger partial charge in [-0.1, -0.05) is 6.42 Å². The first-order chi connectivity index (χ1) is 6.72. The van der Waals surface area contributed by atoms with E-state index in [1.165, 1.54) is 0 Å². The van der Waals surface area contributed by atoms with Crippen LogP contribution < -0.4 is 11.1 Å². The summed E-state index contributed by atoms with van der Waals surface area (Å²) in [6.45, 7) is 1.01. The highest BCUT2D eigenvalue weighted by Gasteiger charge is 2.14. The summed E-state index contributed by atoms with van der Waals surface area (Å²) in [6, 6.07) is 1.41. The Hall–Kier alpha value is -1.12. The molecule has 0 spiro atoms. The molecule has 5 heteroatoms. The zero-order valence-corrected chi connectivity index (χ0v) is 8.20. The molecule has 0 aliphatic heterocycles. The van der Waals surface area contributed by atoms with E-state index >= 15 is 0 Å². The number of carboxylic acids is 1. The van der Waals surface area contributed by atoms with Gasteiger partial charge in [-0.05, 0) is 19.4 Å². The van der Waals surface area contributed by atoms with E-state index in [-0.39, 0.29) is 0 Å². The molecule has 4 N–H and O–H groups in total. The van der Waals surface area contributed by atoms with Gasteiger partial charge in [0, 0.05) is 13.0 Å². The Bertz CT molecular complexity index is 201. The number of aliphatic carboxylic acids is 1. The molecule has 0 radical (unpaired) electrons. The van der Waals surface area contributed by atoms with Gasteiger partial charge in [0.05, 0.1) is 6.07 Å². The van der Waals surface area contributed by atoms with Crippen LogP contribution in [-0.2, 0) is 4.79 Å². The molecule has 0 aliphatic carbocycles. The van der Waals surface area contributed by atoms with Crippen molar-refractivity contribution >= 4 is 5.97 Å². The highest BCUT2D eigenvalue weighted by Crippen LogP contribution is 2.00. The second kappa shape index (κ2) is 8.48. The minimum absolute atomic E-state index is 0.334. The predicted octanol–water partition coefficient (Wildman–Crippen LogP) is 0.0719. The van der Waals surface area contributed by atoms with E-state index in [9.17, 15) is 4.79 Å². The van der Waals surface area contributed by atoms with Crippen molar-refractivity contribution in [3.63, 3.8) is 0 Å². The molecule has 0 saturated carbocycles. The number of nitrogens with two attached hydrogens (primary N) is 1. The number of unbranched alkanes of at least 4 members (excludes halogenated alkanes) is 1. The van der Waals surface area contributed by atoms with E-state index in [1.807, 2.05) is 6.07 Å². The zero-order valence-electron chi connectivity index (χ0n) is 8.20. The van der Waals surface area contributed by atoms with Crippen LogP contribution in [0.3, 0.4) is 0 Å². The van der Waals surface area contributed by atoms with Crippen molar-refractivity contribution in [3.05, 3.63) is 0 Å². The van der Waals surface area contributed by atoms with Crippen LogP contribution in [0.25, 0.3) is 0 Å². The van der Waals surface area contributed by atoms with Crippen LogP contribution >= 0.6 is 0 Å². The highest BCUT2D eigenvalue weighted by molar-refractivity contribution is 5.73. The number of nitrogens with one attached hydrogen (secondary N) is 1. The van der Waals surface area contributed by atoms with Crippen molar-refractivity contribution < 1.29 is 9.90 Å². The quantitative estimate of drug-likeness (QED) is 0.480. The van der Waals surface area contributed by atoms with E-state index in [0.29, 0.717) is 25.9 Å². The maximum atomic E-state index is 10.7. The van der Waals surface area contributed by atoms with Crippen LogP contribution in [-0.4, -0.2) is 30.2 Å². The number of carbonyl (C=O) groups is 1. The first kappa shape index (κ1) is 12.9. The summed E-state index contributed by atoms with van der Waals surface area (Å²) in [5.74, 6) is -0.861. The zero-order chi connectivity index (χ0) is 10.8.